The van der Waals surface area contributed by atoms with Crippen molar-refractivity contribution in [3.63, 3.8) is 0 Å². The van der Waals surface area contributed by atoms with Gasteiger partial charge in [-0.3, -0.25) is 4.90 Å². The minimum absolute atomic E-state index is 0.452. The van der Waals surface area contributed by atoms with Crippen LogP contribution in [-0.2, 0) is 6.54 Å². The van der Waals surface area contributed by atoms with E-state index >= 15 is 0 Å². The fraction of sp³-hybridized carbons (Fsp3) is 0.714. The smallest absolute Gasteiger partial charge is 0.151 e. The third-order valence-corrected chi connectivity index (χ3v) is 3.56. The second-order valence-corrected chi connectivity index (χ2v) is 4.98. The highest BCUT2D eigenvalue weighted by molar-refractivity contribution is 6.29. The van der Waals surface area contributed by atoms with Crippen molar-refractivity contribution >= 4 is 11.6 Å². The quantitative estimate of drug-likeness (QED) is 0.698. The second-order valence-electron chi connectivity index (χ2n) is 4.60. The average Bonchev–Trinajstić information content (AvgIpc) is 2.44. The summed E-state index contributed by atoms with van der Waals surface area (Å²) in [4.78, 5) is 4.84. The first-order valence-corrected chi connectivity index (χ1v) is 7.50. The lowest BCUT2D eigenvalue weighted by Crippen LogP contribution is -2.30. The van der Waals surface area contributed by atoms with Gasteiger partial charge < -0.3 is 4.90 Å². The molecule has 1 aromatic heterocycles. The maximum atomic E-state index is 5.74. The fourth-order valence-corrected chi connectivity index (χ4v) is 2.16. The van der Waals surface area contributed by atoms with Crippen molar-refractivity contribution in [2.24, 2.45) is 0 Å². The predicted octanol–water partition coefficient (Wildman–Crippen LogP) is 2.68. The lowest BCUT2D eigenvalue weighted by molar-refractivity contribution is 0.236. The molecule has 0 fully saturated rings. The Morgan fingerprint density at radius 3 is 2.11 bits per heavy atom. The van der Waals surface area contributed by atoms with Crippen LogP contribution in [0.3, 0.4) is 0 Å². The van der Waals surface area contributed by atoms with Gasteiger partial charge in [0, 0.05) is 6.54 Å². The highest BCUT2D eigenvalue weighted by Crippen LogP contribution is 2.06. The molecule has 0 aromatic carbocycles. The Hall–Kier alpha value is -0.710. The van der Waals surface area contributed by atoms with E-state index in [0.29, 0.717) is 5.15 Å². The molecule has 0 saturated heterocycles. The molecule has 0 bridgehead atoms. The topological polar surface area (TPSA) is 32.3 Å². The molecule has 0 saturated carbocycles. The van der Waals surface area contributed by atoms with Crippen LogP contribution < -0.4 is 0 Å². The monoisotopic (exact) mass is 284 g/mol. The largest absolute Gasteiger partial charge is 0.304 e. The molecule has 0 aliphatic carbocycles. The van der Waals surface area contributed by atoms with Crippen LogP contribution in [-0.4, -0.2) is 52.7 Å². The predicted molar refractivity (Wildman–Crippen MR) is 80.4 cm³/mol. The zero-order valence-corrected chi connectivity index (χ0v) is 13.0. The fourth-order valence-electron chi connectivity index (χ4n) is 2.06. The van der Waals surface area contributed by atoms with Crippen LogP contribution in [0.1, 0.15) is 32.9 Å². The Bertz CT molecular complexity index is 338. The van der Waals surface area contributed by atoms with Crippen LogP contribution in [0.4, 0.5) is 0 Å². The van der Waals surface area contributed by atoms with Gasteiger partial charge in [-0.25, -0.2) is 0 Å². The van der Waals surface area contributed by atoms with Gasteiger partial charge in [0.1, 0.15) is 0 Å². The van der Waals surface area contributed by atoms with Crippen molar-refractivity contribution in [3.8, 4) is 0 Å². The second kappa shape index (κ2) is 9.23. The summed E-state index contributed by atoms with van der Waals surface area (Å²) in [5, 5.41) is 8.44. The Morgan fingerprint density at radius 1 is 0.947 bits per heavy atom. The van der Waals surface area contributed by atoms with Crippen molar-refractivity contribution in [2.75, 3.05) is 32.7 Å². The molecule has 108 valence electrons. The summed E-state index contributed by atoms with van der Waals surface area (Å²) in [6.45, 7) is 13.0. The van der Waals surface area contributed by atoms with Crippen LogP contribution in [0.25, 0.3) is 0 Å². The molecule has 1 rings (SSSR count). The van der Waals surface area contributed by atoms with E-state index < -0.39 is 0 Å². The Morgan fingerprint density at radius 2 is 1.58 bits per heavy atom. The maximum Gasteiger partial charge on any atom is 0.151 e. The molecule has 0 N–H and O–H groups in total. The summed E-state index contributed by atoms with van der Waals surface area (Å²) in [7, 11) is 0. The van der Waals surface area contributed by atoms with Crippen LogP contribution in [0, 0.1) is 0 Å². The van der Waals surface area contributed by atoms with Gasteiger partial charge >= 0.3 is 0 Å². The summed E-state index contributed by atoms with van der Waals surface area (Å²) in [5.74, 6) is 0. The molecule has 0 unspecified atom stereocenters. The zero-order valence-electron chi connectivity index (χ0n) is 12.3. The molecule has 0 spiro atoms. The minimum Gasteiger partial charge on any atom is -0.304 e. The van der Waals surface area contributed by atoms with Crippen molar-refractivity contribution in [1.82, 2.24) is 20.0 Å². The van der Waals surface area contributed by atoms with Gasteiger partial charge in [-0.2, -0.15) is 5.10 Å². The van der Waals surface area contributed by atoms with E-state index in [0.717, 1.165) is 45.0 Å². The first kappa shape index (κ1) is 16.3. The Labute approximate surface area is 121 Å². The summed E-state index contributed by atoms with van der Waals surface area (Å²) in [6, 6.07) is 3.75. The van der Waals surface area contributed by atoms with Gasteiger partial charge in [0.25, 0.3) is 0 Å². The summed E-state index contributed by atoms with van der Waals surface area (Å²) < 4.78 is 0. The molecule has 0 radical (unpaired) electrons. The third-order valence-electron chi connectivity index (χ3n) is 3.36. The lowest BCUT2D eigenvalue weighted by atomic mass is 10.3. The highest BCUT2D eigenvalue weighted by Gasteiger charge is 2.06. The maximum absolute atomic E-state index is 5.74. The van der Waals surface area contributed by atoms with E-state index in [-0.39, 0.29) is 0 Å². The van der Waals surface area contributed by atoms with E-state index in [1.54, 1.807) is 6.07 Å². The molecule has 1 aromatic rings. The van der Waals surface area contributed by atoms with Crippen LogP contribution in [0.5, 0.6) is 0 Å². The third kappa shape index (κ3) is 6.32. The van der Waals surface area contributed by atoms with E-state index in [9.17, 15) is 0 Å². The Kier molecular flexibility index (Phi) is 7.94. The molecular weight excluding hydrogens is 260 g/mol. The van der Waals surface area contributed by atoms with E-state index in [4.69, 9.17) is 11.6 Å². The van der Waals surface area contributed by atoms with Crippen molar-refractivity contribution in [1.29, 1.82) is 0 Å². The van der Waals surface area contributed by atoms with E-state index in [2.05, 4.69) is 40.8 Å². The molecule has 0 aliphatic rings. The molecule has 19 heavy (non-hydrogen) atoms. The number of aromatic nitrogens is 2. The average molecular weight is 285 g/mol. The van der Waals surface area contributed by atoms with Gasteiger partial charge in [0.15, 0.2) is 5.15 Å². The summed E-state index contributed by atoms with van der Waals surface area (Å²) in [6.07, 6.45) is 1.19. The molecule has 4 nitrogen and oxygen atoms in total. The molecule has 1 heterocycles. The van der Waals surface area contributed by atoms with Gasteiger partial charge in [0.2, 0.25) is 0 Å². The van der Waals surface area contributed by atoms with Crippen LogP contribution in [0.15, 0.2) is 12.1 Å². The van der Waals surface area contributed by atoms with E-state index in [1.165, 1.54) is 6.42 Å². The number of nitrogens with zero attached hydrogens (tertiary/aromatic N) is 4. The van der Waals surface area contributed by atoms with Crippen molar-refractivity contribution < 1.29 is 0 Å². The van der Waals surface area contributed by atoms with Gasteiger partial charge in [-0.15, -0.1) is 5.10 Å². The molecule has 0 amide bonds. The number of halogens is 1. The molecule has 0 atom stereocenters. The van der Waals surface area contributed by atoms with Gasteiger partial charge in [0.05, 0.1) is 5.69 Å². The van der Waals surface area contributed by atoms with Crippen molar-refractivity contribution in [2.45, 2.75) is 33.7 Å². The van der Waals surface area contributed by atoms with Crippen LogP contribution >= 0.6 is 11.6 Å². The molecule has 5 heteroatoms. The normalized spacial score (nSPS) is 11.5. The molecule has 0 aliphatic heterocycles. The standard InChI is InChI=1S/C14H25ClN4/c1-4-18(5-2)10-7-11-19(6-3)12-13-8-9-14(15)17-16-13/h8-9H,4-7,10-12H2,1-3H3. The first-order valence-electron chi connectivity index (χ1n) is 7.12. The molecular formula is C14H25ClN4. The van der Waals surface area contributed by atoms with Gasteiger partial charge in [-0.1, -0.05) is 32.4 Å². The number of rotatable bonds is 9. The summed E-state index contributed by atoms with van der Waals surface area (Å²) >= 11 is 5.74. The lowest BCUT2D eigenvalue weighted by Gasteiger charge is -2.22. The first-order chi connectivity index (χ1) is 9.19. The minimum atomic E-state index is 0.452. The highest BCUT2D eigenvalue weighted by atomic mass is 35.5. The number of hydrogen-bond acceptors (Lipinski definition) is 4. The van der Waals surface area contributed by atoms with E-state index in [1.807, 2.05) is 6.07 Å². The Balaban J connectivity index is 2.35. The SMILES string of the molecule is CCN(CC)CCCN(CC)Cc1ccc(Cl)nn1. The van der Waals surface area contributed by atoms with Crippen LogP contribution in [0.2, 0.25) is 5.15 Å². The summed E-state index contributed by atoms with van der Waals surface area (Å²) in [5.41, 5.74) is 0.981. The number of hydrogen-bond donors (Lipinski definition) is 0. The van der Waals surface area contributed by atoms with Gasteiger partial charge in [-0.05, 0) is 51.3 Å². The zero-order chi connectivity index (χ0) is 14.1. The van der Waals surface area contributed by atoms with Crippen molar-refractivity contribution in [3.05, 3.63) is 23.0 Å².